The van der Waals surface area contributed by atoms with Gasteiger partial charge in [0.15, 0.2) is 0 Å². The van der Waals surface area contributed by atoms with Crippen LogP contribution in [-0.4, -0.2) is 5.91 Å². The van der Waals surface area contributed by atoms with Crippen molar-refractivity contribution < 1.29 is 4.79 Å². The molecule has 0 aliphatic heterocycles. The van der Waals surface area contributed by atoms with E-state index in [9.17, 15) is 4.79 Å². The molecule has 1 amide bonds. The van der Waals surface area contributed by atoms with Gasteiger partial charge in [0.1, 0.15) is 0 Å². The maximum atomic E-state index is 10.4. The summed E-state index contributed by atoms with van der Waals surface area (Å²) in [7, 11) is 0. The molecule has 1 radical (unpaired) electrons. The first-order valence-electron chi connectivity index (χ1n) is 4.05. The molecule has 1 aromatic carbocycles. The van der Waals surface area contributed by atoms with Crippen molar-refractivity contribution in [2.75, 3.05) is 0 Å². The van der Waals surface area contributed by atoms with E-state index in [0.717, 1.165) is 10.0 Å². The third-order valence-electron chi connectivity index (χ3n) is 1.62. The molecule has 2 N–H and O–H groups in total. The third kappa shape index (κ3) is 4.08. The Morgan fingerprint density at radius 1 is 1.54 bits per heavy atom. The van der Waals surface area contributed by atoms with Crippen LogP contribution in [-0.2, 0) is 4.79 Å². The van der Waals surface area contributed by atoms with Gasteiger partial charge in [-0.05, 0) is 30.5 Å². The van der Waals surface area contributed by atoms with Crippen molar-refractivity contribution >= 4 is 21.8 Å². The molecule has 2 nitrogen and oxygen atoms in total. The van der Waals surface area contributed by atoms with Crippen LogP contribution in [0, 0.1) is 6.42 Å². The topological polar surface area (TPSA) is 43.1 Å². The van der Waals surface area contributed by atoms with E-state index in [1.807, 2.05) is 30.7 Å². The van der Waals surface area contributed by atoms with E-state index in [4.69, 9.17) is 5.73 Å². The van der Waals surface area contributed by atoms with Crippen LogP contribution >= 0.6 is 15.9 Å². The summed E-state index contributed by atoms with van der Waals surface area (Å²) >= 11 is 3.37. The van der Waals surface area contributed by atoms with Crippen molar-refractivity contribution in [1.82, 2.24) is 0 Å². The molecule has 3 heteroatoms. The number of amides is 1. The van der Waals surface area contributed by atoms with Crippen molar-refractivity contribution in [1.29, 1.82) is 0 Å². The number of nitrogens with two attached hydrogens (primary N) is 1. The molecule has 0 saturated heterocycles. The van der Waals surface area contributed by atoms with Crippen LogP contribution in [0.4, 0.5) is 0 Å². The van der Waals surface area contributed by atoms with Gasteiger partial charge in [0.25, 0.3) is 0 Å². The Hall–Kier alpha value is -0.830. The van der Waals surface area contributed by atoms with Crippen molar-refractivity contribution in [3.63, 3.8) is 0 Å². The van der Waals surface area contributed by atoms with E-state index >= 15 is 0 Å². The van der Waals surface area contributed by atoms with Crippen molar-refractivity contribution in [3.8, 4) is 0 Å². The Morgan fingerprint density at radius 3 is 2.92 bits per heavy atom. The average Bonchev–Trinajstić information content (AvgIpc) is 2.03. The summed E-state index contributed by atoms with van der Waals surface area (Å²) in [6.45, 7) is 0. The minimum Gasteiger partial charge on any atom is -0.370 e. The zero-order valence-corrected chi connectivity index (χ0v) is 8.75. The third-order valence-corrected chi connectivity index (χ3v) is 2.11. The highest BCUT2D eigenvalue weighted by Crippen LogP contribution is 2.14. The summed E-state index contributed by atoms with van der Waals surface area (Å²) in [5, 5.41) is 0. The van der Waals surface area contributed by atoms with Gasteiger partial charge in [0, 0.05) is 10.9 Å². The van der Waals surface area contributed by atoms with Crippen LogP contribution in [0.3, 0.4) is 0 Å². The van der Waals surface area contributed by atoms with E-state index in [1.54, 1.807) is 0 Å². The molecule has 13 heavy (non-hydrogen) atoms. The Kier molecular flexibility index (Phi) is 3.96. The lowest BCUT2D eigenvalue weighted by molar-refractivity contribution is -0.117. The van der Waals surface area contributed by atoms with Gasteiger partial charge in [-0.1, -0.05) is 28.1 Å². The molecule has 1 rings (SSSR count). The molecule has 0 bridgehead atoms. The molecule has 0 aliphatic rings. The number of primary amides is 1. The second-order valence-corrected chi connectivity index (χ2v) is 3.68. The molecule has 0 heterocycles. The monoisotopic (exact) mass is 240 g/mol. The number of rotatable bonds is 4. The number of hydrogen-bond donors (Lipinski definition) is 1. The minimum absolute atomic E-state index is 0.258. The van der Waals surface area contributed by atoms with Crippen molar-refractivity contribution in [3.05, 3.63) is 40.7 Å². The Bertz CT molecular complexity index is 299. The number of carbonyl (C=O) groups is 1. The maximum absolute atomic E-state index is 10.4. The first-order valence-corrected chi connectivity index (χ1v) is 4.85. The van der Waals surface area contributed by atoms with Crippen LogP contribution in [0.15, 0.2) is 28.7 Å². The number of benzene rings is 1. The molecular weight excluding hydrogens is 230 g/mol. The highest BCUT2D eigenvalue weighted by Gasteiger charge is 1.97. The molecule has 0 saturated carbocycles. The fraction of sp³-hybridized carbons (Fsp3) is 0.200. The first kappa shape index (κ1) is 10.3. The van der Waals surface area contributed by atoms with Crippen molar-refractivity contribution in [2.24, 2.45) is 5.73 Å². The summed E-state index contributed by atoms with van der Waals surface area (Å²) in [5.74, 6) is -0.258. The van der Waals surface area contributed by atoms with Gasteiger partial charge in [-0.25, -0.2) is 0 Å². The molecule has 0 unspecified atom stereocenters. The molecule has 1 aromatic rings. The summed E-state index contributed by atoms with van der Waals surface area (Å²) < 4.78 is 1.04. The Balaban J connectivity index is 2.41. The van der Waals surface area contributed by atoms with Crippen LogP contribution in [0.1, 0.15) is 18.4 Å². The minimum atomic E-state index is -0.258. The SMILES string of the molecule is NC(=O)CC[CH]c1cccc(Br)c1. The van der Waals surface area contributed by atoms with Gasteiger partial charge < -0.3 is 5.73 Å². The maximum Gasteiger partial charge on any atom is 0.217 e. The predicted molar refractivity (Wildman–Crippen MR) is 56.0 cm³/mol. The zero-order chi connectivity index (χ0) is 9.68. The number of halogens is 1. The lowest BCUT2D eigenvalue weighted by atomic mass is 10.1. The molecular formula is C10H11BrNO. The highest BCUT2D eigenvalue weighted by atomic mass is 79.9. The standard InChI is InChI=1S/C10H11BrNO/c11-9-5-1-3-8(7-9)4-2-6-10(12)13/h1,3-5,7H,2,6H2,(H2,12,13). The fourth-order valence-corrected chi connectivity index (χ4v) is 1.43. The van der Waals surface area contributed by atoms with Crippen LogP contribution < -0.4 is 5.73 Å². The average molecular weight is 241 g/mol. The molecule has 0 spiro atoms. The highest BCUT2D eigenvalue weighted by molar-refractivity contribution is 9.10. The normalized spacial score (nSPS) is 9.92. The summed E-state index contributed by atoms with van der Waals surface area (Å²) in [4.78, 5) is 10.4. The van der Waals surface area contributed by atoms with Crippen LogP contribution in [0.25, 0.3) is 0 Å². The molecule has 0 aromatic heterocycles. The quantitative estimate of drug-likeness (QED) is 0.863. The lowest BCUT2D eigenvalue weighted by Gasteiger charge is -1.99. The van der Waals surface area contributed by atoms with Crippen molar-refractivity contribution in [2.45, 2.75) is 12.8 Å². The first-order chi connectivity index (χ1) is 6.18. The second kappa shape index (κ2) is 5.02. The Labute approximate surface area is 86.3 Å². The van der Waals surface area contributed by atoms with Gasteiger partial charge in [-0.2, -0.15) is 0 Å². The molecule has 0 aliphatic carbocycles. The van der Waals surface area contributed by atoms with E-state index in [0.29, 0.717) is 12.8 Å². The van der Waals surface area contributed by atoms with E-state index in [1.165, 1.54) is 0 Å². The van der Waals surface area contributed by atoms with E-state index in [2.05, 4.69) is 15.9 Å². The van der Waals surface area contributed by atoms with Gasteiger partial charge in [0.2, 0.25) is 5.91 Å². The van der Waals surface area contributed by atoms with Gasteiger partial charge in [-0.3, -0.25) is 4.79 Å². The van der Waals surface area contributed by atoms with Gasteiger partial charge in [0.05, 0.1) is 0 Å². The predicted octanol–water partition coefficient (Wildman–Crippen LogP) is 2.27. The number of hydrogen-bond acceptors (Lipinski definition) is 1. The second-order valence-electron chi connectivity index (χ2n) is 2.76. The molecule has 0 fully saturated rings. The largest absolute Gasteiger partial charge is 0.370 e. The van der Waals surface area contributed by atoms with Gasteiger partial charge >= 0.3 is 0 Å². The van der Waals surface area contributed by atoms with E-state index < -0.39 is 0 Å². The summed E-state index contributed by atoms with van der Waals surface area (Å²) in [5.41, 5.74) is 6.13. The molecule has 0 atom stereocenters. The smallest absolute Gasteiger partial charge is 0.217 e. The van der Waals surface area contributed by atoms with E-state index in [-0.39, 0.29) is 5.91 Å². The van der Waals surface area contributed by atoms with Crippen LogP contribution in [0.2, 0.25) is 0 Å². The number of carbonyl (C=O) groups excluding carboxylic acids is 1. The Morgan fingerprint density at radius 2 is 2.31 bits per heavy atom. The summed E-state index contributed by atoms with van der Waals surface area (Å²) in [6, 6.07) is 7.92. The zero-order valence-electron chi connectivity index (χ0n) is 7.16. The lowest BCUT2D eigenvalue weighted by Crippen LogP contribution is -2.09. The van der Waals surface area contributed by atoms with Crippen LogP contribution in [0.5, 0.6) is 0 Å². The fourth-order valence-electron chi connectivity index (χ4n) is 1.01. The summed E-state index contributed by atoms with van der Waals surface area (Å²) in [6.07, 6.45) is 3.10. The van der Waals surface area contributed by atoms with Gasteiger partial charge in [-0.15, -0.1) is 0 Å². The molecule has 69 valence electrons.